The molecule has 0 spiro atoms. The molecule has 1 N–H and O–H groups in total. The summed E-state index contributed by atoms with van der Waals surface area (Å²) in [5.74, 6) is 0.592. The van der Waals surface area contributed by atoms with Crippen molar-refractivity contribution >= 4 is 15.7 Å². The summed E-state index contributed by atoms with van der Waals surface area (Å²) in [6.07, 6.45) is 0. The molecule has 0 aliphatic carbocycles. The van der Waals surface area contributed by atoms with Crippen molar-refractivity contribution in [2.45, 2.75) is 38.1 Å². The van der Waals surface area contributed by atoms with Gasteiger partial charge in [-0.05, 0) is 42.2 Å². The topological polar surface area (TPSA) is 113 Å². The first kappa shape index (κ1) is 24.0. The Morgan fingerprint density at radius 2 is 1.81 bits per heavy atom. The number of nitro benzene ring substituents is 1. The quantitative estimate of drug-likeness (QED) is 0.495. The fourth-order valence-electron chi connectivity index (χ4n) is 4.00. The lowest BCUT2D eigenvalue weighted by Crippen LogP contribution is -2.48. The number of ether oxygens (including phenoxy) is 1. The van der Waals surface area contributed by atoms with E-state index in [-0.39, 0.29) is 35.2 Å². The van der Waals surface area contributed by atoms with Crippen molar-refractivity contribution in [1.82, 2.24) is 9.21 Å². The summed E-state index contributed by atoms with van der Waals surface area (Å²) in [6.45, 7) is 8.20. The number of rotatable bonds is 7. The summed E-state index contributed by atoms with van der Waals surface area (Å²) in [5.41, 5.74) is 2.66. The molecular weight excluding hydrogens is 434 g/mol. The van der Waals surface area contributed by atoms with E-state index in [0.29, 0.717) is 25.6 Å². The molecule has 1 fully saturated rings. The molecule has 32 heavy (non-hydrogen) atoms. The smallest absolute Gasteiger partial charge is 0.312 e. The molecule has 1 aliphatic heterocycles. The maximum atomic E-state index is 13.0. The lowest BCUT2D eigenvalue weighted by molar-refractivity contribution is -0.386. The van der Waals surface area contributed by atoms with Crippen molar-refractivity contribution in [2.75, 3.05) is 33.3 Å². The monoisotopic (exact) mass is 463 g/mol. The Bertz CT molecular complexity index is 1110. The standard InChI is InChI=1S/C22H29N3O6S/c1-15(2)19-12-17(21(26)11-16(19)3)14-23-7-9-24(10-8-23)32(29,30)18-5-6-22(31-4)20(13-18)25(27)28/h5-6,11-13,15,26H,7-10,14H2,1-4H3. The van der Waals surface area contributed by atoms with Crippen LogP contribution in [0.2, 0.25) is 0 Å². The van der Waals surface area contributed by atoms with Crippen molar-refractivity contribution in [1.29, 1.82) is 0 Å². The second-order valence-corrected chi connectivity index (χ2v) is 10.2. The largest absolute Gasteiger partial charge is 0.508 e. The van der Waals surface area contributed by atoms with Crippen molar-refractivity contribution < 1.29 is 23.2 Å². The minimum Gasteiger partial charge on any atom is -0.508 e. The molecule has 0 saturated carbocycles. The molecule has 0 aromatic heterocycles. The van der Waals surface area contributed by atoms with Crippen LogP contribution >= 0.6 is 0 Å². The van der Waals surface area contributed by atoms with Crippen molar-refractivity contribution in [3.63, 3.8) is 0 Å². The second kappa shape index (κ2) is 9.43. The lowest BCUT2D eigenvalue weighted by Gasteiger charge is -2.34. The number of aryl methyl sites for hydroxylation is 1. The molecule has 2 aromatic carbocycles. The van der Waals surface area contributed by atoms with Crippen LogP contribution in [0.15, 0.2) is 35.2 Å². The molecule has 0 bridgehead atoms. The first-order valence-electron chi connectivity index (χ1n) is 10.4. The predicted octanol–water partition coefficient (Wildman–Crippen LogP) is 3.25. The fraction of sp³-hybridized carbons (Fsp3) is 0.455. The highest BCUT2D eigenvalue weighted by Gasteiger charge is 2.31. The number of piperazine rings is 1. The van der Waals surface area contributed by atoms with Gasteiger partial charge in [0.05, 0.1) is 16.9 Å². The van der Waals surface area contributed by atoms with Crippen molar-refractivity contribution in [2.24, 2.45) is 0 Å². The molecule has 174 valence electrons. The number of methoxy groups -OCH3 is 1. The van der Waals surface area contributed by atoms with E-state index in [2.05, 4.69) is 18.7 Å². The number of aromatic hydroxyl groups is 1. The Labute approximate surface area is 188 Å². The summed E-state index contributed by atoms with van der Waals surface area (Å²) in [4.78, 5) is 12.6. The van der Waals surface area contributed by atoms with E-state index in [0.717, 1.165) is 17.2 Å². The van der Waals surface area contributed by atoms with Gasteiger partial charge in [0, 0.05) is 44.4 Å². The first-order valence-corrected chi connectivity index (χ1v) is 11.9. The Kier molecular flexibility index (Phi) is 7.06. The molecule has 0 atom stereocenters. The maximum Gasteiger partial charge on any atom is 0.312 e. The van der Waals surface area contributed by atoms with Crippen LogP contribution in [0.25, 0.3) is 0 Å². The van der Waals surface area contributed by atoms with Crippen LogP contribution in [0, 0.1) is 17.0 Å². The summed E-state index contributed by atoms with van der Waals surface area (Å²) in [5, 5.41) is 21.6. The minimum absolute atomic E-state index is 0.0115. The lowest BCUT2D eigenvalue weighted by atomic mass is 9.95. The molecule has 0 radical (unpaired) electrons. The van der Waals surface area contributed by atoms with E-state index in [1.54, 1.807) is 6.07 Å². The zero-order valence-electron chi connectivity index (χ0n) is 18.7. The number of benzene rings is 2. The van der Waals surface area contributed by atoms with Crippen LogP contribution in [0.5, 0.6) is 11.5 Å². The van der Waals surface area contributed by atoms with E-state index in [4.69, 9.17) is 4.74 Å². The molecule has 1 aliphatic rings. The highest BCUT2D eigenvalue weighted by atomic mass is 32.2. The average molecular weight is 464 g/mol. The van der Waals surface area contributed by atoms with Gasteiger partial charge in [0.15, 0.2) is 5.75 Å². The normalized spacial score (nSPS) is 15.8. The predicted molar refractivity (Wildman–Crippen MR) is 121 cm³/mol. The molecule has 0 unspecified atom stereocenters. The Morgan fingerprint density at radius 3 is 2.38 bits per heavy atom. The van der Waals surface area contributed by atoms with Gasteiger partial charge in [-0.25, -0.2) is 8.42 Å². The third-order valence-corrected chi connectivity index (χ3v) is 7.69. The van der Waals surface area contributed by atoms with Crippen LogP contribution in [0.3, 0.4) is 0 Å². The van der Waals surface area contributed by atoms with Crippen LogP contribution in [0.1, 0.15) is 36.5 Å². The summed E-state index contributed by atoms with van der Waals surface area (Å²) < 4.78 is 32.4. The van der Waals surface area contributed by atoms with E-state index < -0.39 is 14.9 Å². The minimum atomic E-state index is -3.87. The number of phenolic OH excluding ortho intramolecular Hbond substituents is 1. The summed E-state index contributed by atoms with van der Waals surface area (Å²) in [6, 6.07) is 7.47. The molecule has 0 amide bonds. The van der Waals surface area contributed by atoms with E-state index >= 15 is 0 Å². The van der Waals surface area contributed by atoms with Gasteiger partial charge in [0.1, 0.15) is 5.75 Å². The summed E-state index contributed by atoms with van der Waals surface area (Å²) in [7, 11) is -2.58. The Morgan fingerprint density at radius 1 is 1.16 bits per heavy atom. The average Bonchev–Trinajstić information content (AvgIpc) is 2.75. The van der Waals surface area contributed by atoms with Crippen LogP contribution in [0.4, 0.5) is 5.69 Å². The third kappa shape index (κ3) is 4.87. The molecular formula is C22H29N3O6S. The zero-order valence-corrected chi connectivity index (χ0v) is 19.6. The first-order chi connectivity index (χ1) is 15.0. The molecule has 9 nitrogen and oxygen atoms in total. The SMILES string of the molecule is COc1ccc(S(=O)(=O)N2CCN(Cc3cc(C(C)C)c(C)cc3O)CC2)cc1[N+](=O)[O-]. The number of hydrogen-bond donors (Lipinski definition) is 1. The highest BCUT2D eigenvalue weighted by molar-refractivity contribution is 7.89. The van der Waals surface area contributed by atoms with Gasteiger partial charge in [-0.15, -0.1) is 0 Å². The number of sulfonamides is 1. The van der Waals surface area contributed by atoms with Gasteiger partial charge >= 0.3 is 5.69 Å². The van der Waals surface area contributed by atoms with E-state index in [1.807, 2.05) is 13.0 Å². The molecule has 1 saturated heterocycles. The third-order valence-electron chi connectivity index (χ3n) is 5.80. The van der Waals surface area contributed by atoms with Gasteiger partial charge in [-0.1, -0.05) is 19.9 Å². The highest BCUT2D eigenvalue weighted by Crippen LogP contribution is 2.31. The van der Waals surface area contributed by atoms with Gasteiger partial charge < -0.3 is 9.84 Å². The van der Waals surface area contributed by atoms with Crippen LogP contribution in [-0.4, -0.2) is 60.9 Å². The van der Waals surface area contributed by atoms with Gasteiger partial charge in [-0.2, -0.15) is 4.31 Å². The van der Waals surface area contributed by atoms with Crippen molar-refractivity contribution in [3.05, 3.63) is 57.1 Å². The van der Waals surface area contributed by atoms with Crippen LogP contribution < -0.4 is 4.74 Å². The fourth-order valence-corrected chi connectivity index (χ4v) is 5.44. The van der Waals surface area contributed by atoms with Gasteiger partial charge in [0.2, 0.25) is 10.0 Å². The molecule has 2 aromatic rings. The van der Waals surface area contributed by atoms with E-state index in [1.165, 1.54) is 29.1 Å². The number of phenols is 1. The molecule has 1 heterocycles. The van der Waals surface area contributed by atoms with Crippen LogP contribution in [-0.2, 0) is 16.6 Å². The van der Waals surface area contributed by atoms with Crippen molar-refractivity contribution in [3.8, 4) is 11.5 Å². The zero-order chi connectivity index (χ0) is 23.6. The second-order valence-electron chi connectivity index (χ2n) is 8.26. The molecule has 10 heteroatoms. The van der Waals surface area contributed by atoms with Gasteiger partial charge in [-0.3, -0.25) is 15.0 Å². The number of nitrogens with zero attached hydrogens (tertiary/aromatic N) is 3. The Balaban J connectivity index is 1.73. The molecule has 3 rings (SSSR count). The maximum absolute atomic E-state index is 13.0. The Hall–Kier alpha value is -2.69. The number of hydrogen-bond acceptors (Lipinski definition) is 7. The summed E-state index contributed by atoms with van der Waals surface area (Å²) >= 11 is 0. The van der Waals surface area contributed by atoms with E-state index in [9.17, 15) is 23.6 Å². The number of nitro groups is 1. The van der Waals surface area contributed by atoms with Gasteiger partial charge in [0.25, 0.3) is 0 Å².